The Morgan fingerprint density at radius 2 is 1.76 bits per heavy atom. The van der Waals surface area contributed by atoms with Gasteiger partial charge in [0.1, 0.15) is 6.04 Å². The lowest BCUT2D eigenvalue weighted by Crippen LogP contribution is -2.52. The fourth-order valence-electron chi connectivity index (χ4n) is 5.14. The Hall–Kier alpha value is -4.85. The maximum absolute atomic E-state index is 13.3. The number of aromatic nitrogens is 1. The van der Waals surface area contributed by atoms with Crippen LogP contribution in [0.2, 0.25) is 0 Å². The zero-order chi connectivity index (χ0) is 26.2. The van der Waals surface area contributed by atoms with Gasteiger partial charge in [-0.15, -0.1) is 0 Å². The van der Waals surface area contributed by atoms with Crippen molar-refractivity contribution >= 4 is 34.5 Å². The number of amides is 4. The highest BCUT2D eigenvalue weighted by molar-refractivity contribution is 6.07. The summed E-state index contributed by atoms with van der Waals surface area (Å²) in [5.74, 6) is -1.19. The fourth-order valence-corrected chi connectivity index (χ4v) is 5.14. The summed E-state index contributed by atoms with van der Waals surface area (Å²) in [5, 5.41) is 6.09. The summed E-state index contributed by atoms with van der Waals surface area (Å²) in [4.78, 5) is 56.4. The second kappa shape index (κ2) is 9.55. The number of piperidine rings is 1. The van der Waals surface area contributed by atoms with E-state index < -0.39 is 11.9 Å². The van der Waals surface area contributed by atoms with Crippen molar-refractivity contribution in [2.45, 2.75) is 32.0 Å². The van der Waals surface area contributed by atoms with Gasteiger partial charge in [0.15, 0.2) is 0 Å². The molecule has 4 aromatic rings. The molecule has 1 unspecified atom stereocenters. The molecule has 0 bridgehead atoms. The number of rotatable bonds is 5. The molecule has 8 nitrogen and oxygen atoms in total. The highest BCUT2D eigenvalue weighted by Crippen LogP contribution is 2.29. The first kappa shape index (κ1) is 23.5. The average Bonchev–Trinajstić information content (AvgIpc) is 3.26. The van der Waals surface area contributed by atoms with E-state index in [0.29, 0.717) is 17.5 Å². The number of fused-ring (bicyclic) bond motifs is 2. The fraction of sp³-hybridized carbons (Fsp3) is 0.167. The largest absolute Gasteiger partial charge is 0.348 e. The molecule has 2 N–H and O–H groups in total. The minimum absolute atomic E-state index is 0.212. The number of imide groups is 1. The topological polar surface area (TPSA) is 108 Å². The zero-order valence-electron chi connectivity index (χ0n) is 20.4. The van der Waals surface area contributed by atoms with Crippen LogP contribution in [0.4, 0.5) is 0 Å². The van der Waals surface area contributed by atoms with Gasteiger partial charge in [-0.05, 0) is 35.7 Å². The second-order valence-electron chi connectivity index (χ2n) is 9.51. The molecule has 6 rings (SSSR count). The maximum Gasteiger partial charge on any atom is 0.255 e. The first-order valence-corrected chi connectivity index (χ1v) is 12.5. The van der Waals surface area contributed by atoms with E-state index in [1.54, 1.807) is 6.07 Å². The molecule has 38 heavy (non-hydrogen) atoms. The van der Waals surface area contributed by atoms with E-state index >= 15 is 0 Å². The van der Waals surface area contributed by atoms with Gasteiger partial charge < -0.3 is 10.2 Å². The molecule has 3 heterocycles. The summed E-state index contributed by atoms with van der Waals surface area (Å²) in [7, 11) is 0. The molecule has 0 spiro atoms. The van der Waals surface area contributed by atoms with Gasteiger partial charge in [-0.2, -0.15) is 0 Å². The highest BCUT2D eigenvalue weighted by atomic mass is 16.2. The van der Waals surface area contributed by atoms with Crippen LogP contribution in [0.5, 0.6) is 0 Å². The van der Waals surface area contributed by atoms with Crippen molar-refractivity contribution in [1.29, 1.82) is 0 Å². The Labute approximate surface area is 218 Å². The van der Waals surface area contributed by atoms with Crippen molar-refractivity contribution in [3.63, 3.8) is 0 Å². The molecule has 8 heteroatoms. The van der Waals surface area contributed by atoms with Gasteiger partial charge in [-0.1, -0.05) is 60.7 Å². The summed E-state index contributed by atoms with van der Waals surface area (Å²) in [5.41, 5.74) is 5.11. The Bertz CT molecular complexity index is 1620. The van der Waals surface area contributed by atoms with Crippen molar-refractivity contribution in [3.8, 4) is 11.3 Å². The molecule has 4 amide bonds. The SMILES string of the molecule is O=C1CCC(N2Cc3cc(CNC(=O)c4cc(-c5ccccc5)nc5ccccc45)ccc3C2=O)C(=O)N1. The van der Waals surface area contributed by atoms with Crippen LogP contribution in [0.3, 0.4) is 0 Å². The smallest absolute Gasteiger partial charge is 0.255 e. The monoisotopic (exact) mass is 504 g/mol. The predicted octanol–water partition coefficient (Wildman–Crippen LogP) is 3.59. The lowest BCUT2D eigenvalue weighted by molar-refractivity contribution is -0.136. The Kier molecular flexibility index (Phi) is 5.92. The number of carbonyl (C=O) groups is 4. The molecule has 2 aliphatic heterocycles. The quantitative estimate of drug-likeness (QED) is 0.404. The maximum atomic E-state index is 13.3. The third-order valence-electron chi connectivity index (χ3n) is 7.07. The molecule has 188 valence electrons. The molecule has 1 fully saturated rings. The molecule has 0 aliphatic carbocycles. The van der Waals surface area contributed by atoms with Crippen LogP contribution in [0.25, 0.3) is 22.2 Å². The number of pyridine rings is 1. The van der Waals surface area contributed by atoms with Gasteiger partial charge in [0.2, 0.25) is 11.8 Å². The Morgan fingerprint density at radius 1 is 0.974 bits per heavy atom. The molecule has 0 saturated carbocycles. The number of nitrogens with one attached hydrogen (secondary N) is 2. The number of hydrogen-bond acceptors (Lipinski definition) is 5. The van der Waals surface area contributed by atoms with E-state index in [1.165, 1.54) is 4.90 Å². The second-order valence-corrected chi connectivity index (χ2v) is 9.51. The van der Waals surface area contributed by atoms with Crippen LogP contribution in [-0.2, 0) is 22.7 Å². The van der Waals surface area contributed by atoms with Gasteiger partial charge in [0, 0.05) is 36.0 Å². The number of nitrogens with zero attached hydrogens (tertiary/aromatic N) is 2. The molecule has 0 radical (unpaired) electrons. The summed E-state index contributed by atoms with van der Waals surface area (Å²) in [6.07, 6.45) is 0.529. The standard InChI is InChI=1S/C30H24N4O4/c35-27-13-12-26(29(37)33-27)34-17-20-14-18(10-11-21(20)30(34)38)16-31-28(36)23-15-25(19-6-2-1-3-7-19)32-24-9-5-4-8-22(23)24/h1-11,14-15,26H,12-13,16-17H2,(H,31,36)(H,33,35,37). The number of carbonyl (C=O) groups excluding carboxylic acids is 4. The van der Waals surface area contributed by atoms with Gasteiger partial charge in [0.25, 0.3) is 11.8 Å². The molecule has 1 saturated heterocycles. The van der Waals surface area contributed by atoms with E-state index in [-0.39, 0.29) is 37.2 Å². The first-order valence-electron chi connectivity index (χ1n) is 12.5. The van der Waals surface area contributed by atoms with Crippen LogP contribution >= 0.6 is 0 Å². The Balaban J connectivity index is 1.21. The van der Waals surface area contributed by atoms with Crippen LogP contribution in [0.1, 0.15) is 44.7 Å². The molecule has 1 atom stereocenters. The normalized spacial score (nSPS) is 16.9. The lowest BCUT2D eigenvalue weighted by Gasteiger charge is -2.29. The Morgan fingerprint density at radius 3 is 2.58 bits per heavy atom. The van der Waals surface area contributed by atoms with Crippen molar-refractivity contribution in [3.05, 3.63) is 101 Å². The average molecular weight is 505 g/mol. The van der Waals surface area contributed by atoms with Crippen LogP contribution in [-0.4, -0.2) is 39.6 Å². The number of hydrogen-bond donors (Lipinski definition) is 2. The van der Waals surface area contributed by atoms with Gasteiger partial charge in [0.05, 0.1) is 16.8 Å². The van der Waals surface area contributed by atoms with Crippen molar-refractivity contribution in [2.75, 3.05) is 0 Å². The van der Waals surface area contributed by atoms with Crippen molar-refractivity contribution < 1.29 is 19.2 Å². The van der Waals surface area contributed by atoms with Crippen molar-refractivity contribution in [2.24, 2.45) is 0 Å². The van der Waals surface area contributed by atoms with E-state index in [9.17, 15) is 19.2 Å². The first-order chi connectivity index (χ1) is 18.5. The van der Waals surface area contributed by atoms with Crippen molar-refractivity contribution in [1.82, 2.24) is 20.5 Å². The summed E-state index contributed by atoms with van der Waals surface area (Å²) < 4.78 is 0. The van der Waals surface area contributed by atoms with Gasteiger partial charge >= 0.3 is 0 Å². The van der Waals surface area contributed by atoms with Gasteiger partial charge in [-0.3, -0.25) is 24.5 Å². The van der Waals surface area contributed by atoms with Crippen LogP contribution in [0.15, 0.2) is 78.9 Å². The minimum Gasteiger partial charge on any atom is -0.348 e. The zero-order valence-corrected chi connectivity index (χ0v) is 20.4. The molecule has 2 aliphatic rings. The molecular formula is C30H24N4O4. The number of benzene rings is 3. The third-order valence-corrected chi connectivity index (χ3v) is 7.07. The van der Waals surface area contributed by atoms with E-state index in [4.69, 9.17) is 4.98 Å². The summed E-state index contributed by atoms with van der Waals surface area (Å²) in [6, 6.07) is 23.9. The third kappa shape index (κ3) is 4.30. The number of para-hydroxylation sites is 1. The molecule has 1 aromatic heterocycles. The van der Waals surface area contributed by atoms with E-state index in [2.05, 4.69) is 10.6 Å². The van der Waals surface area contributed by atoms with Gasteiger partial charge in [-0.25, -0.2) is 4.98 Å². The highest BCUT2D eigenvalue weighted by Gasteiger charge is 2.39. The summed E-state index contributed by atoms with van der Waals surface area (Å²) >= 11 is 0. The minimum atomic E-state index is -0.658. The van der Waals surface area contributed by atoms with Crippen LogP contribution in [0, 0.1) is 0 Å². The van der Waals surface area contributed by atoms with E-state index in [0.717, 1.165) is 33.3 Å². The van der Waals surface area contributed by atoms with Crippen LogP contribution < -0.4 is 10.6 Å². The summed E-state index contributed by atoms with van der Waals surface area (Å²) in [6.45, 7) is 0.563. The predicted molar refractivity (Wildman–Crippen MR) is 141 cm³/mol. The lowest BCUT2D eigenvalue weighted by atomic mass is 10.0. The van der Waals surface area contributed by atoms with E-state index in [1.807, 2.05) is 72.8 Å². The molecule has 3 aromatic carbocycles. The molecular weight excluding hydrogens is 480 g/mol.